The normalized spacial score (nSPS) is 18.2. The van der Waals surface area contributed by atoms with Gasteiger partial charge in [-0.05, 0) is 62.4 Å². The van der Waals surface area contributed by atoms with Gasteiger partial charge in [-0.25, -0.2) is 4.99 Å². The molecular formula is C18H19N3OS. The van der Waals surface area contributed by atoms with E-state index >= 15 is 0 Å². The summed E-state index contributed by atoms with van der Waals surface area (Å²) in [5.74, 6) is -0.0976. The maximum atomic E-state index is 12.1. The third-order valence-corrected chi connectivity index (χ3v) is 4.47. The highest BCUT2D eigenvalue weighted by molar-refractivity contribution is 8.18. The average Bonchev–Trinajstić information content (AvgIpc) is 3.04. The van der Waals surface area contributed by atoms with Crippen LogP contribution >= 0.6 is 11.8 Å². The second-order valence-corrected chi connectivity index (χ2v) is 6.76. The first-order chi connectivity index (χ1) is 11.0. The Bertz CT molecular complexity index is 788. The van der Waals surface area contributed by atoms with Gasteiger partial charge in [0.1, 0.15) is 0 Å². The van der Waals surface area contributed by atoms with Gasteiger partial charge in [0.05, 0.1) is 10.6 Å². The molecule has 0 spiro atoms. The average molecular weight is 325 g/mol. The van der Waals surface area contributed by atoms with Crippen LogP contribution in [0.3, 0.4) is 0 Å². The van der Waals surface area contributed by atoms with Crippen molar-refractivity contribution in [2.75, 3.05) is 0 Å². The van der Waals surface area contributed by atoms with Crippen LogP contribution in [-0.4, -0.2) is 15.6 Å². The van der Waals surface area contributed by atoms with E-state index in [9.17, 15) is 4.79 Å². The summed E-state index contributed by atoms with van der Waals surface area (Å²) in [6.07, 6.45) is 3.99. The minimum absolute atomic E-state index is 0.0976. The summed E-state index contributed by atoms with van der Waals surface area (Å²) in [7, 11) is 0. The molecular weight excluding hydrogens is 306 g/mol. The van der Waals surface area contributed by atoms with E-state index in [-0.39, 0.29) is 5.91 Å². The molecule has 5 heteroatoms. The molecule has 3 rings (SSSR count). The number of amidine groups is 1. The van der Waals surface area contributed by atoms with Gasteiger partial charge in [0.2, 0.25) is 0 Å². The van der Waals surface area contributed by atoms with Crippen molar-refractivity contribution in [3.05, 3.63) is 58.8 Å². The smallest absolute Gasteiger partial charge is 0.264 e. The minimum Gasteiger partial charge on any atom is -0.349 e. The number of hydrogen-bond acceptors (Lipinski definition) is 3. The van der Waals surface area contributed by atoms with Gasteiger partial charge in [0, 0.05) is 17.9 Å². The van der Waals surface area contributed by atoms with E-state index in [1.807, 2.05) is 36.4 Å². The van der Waals surface area contributed by atoms with Crippen LogP contribution < -0.4 is 5.32 Å². The second kappa shape index (κ2) is 6.46. The zero-order valence-corrected chi connectivity index (χ0v) is 14.2. The second-order valence-electron chi connectivity index (χ2n) is 5.73. The first-order valence-corrected chi connectivity index (χ1v) is 8.37. The molecule has 4 nitrogen and oxygen atoms in total. The molecule has 0 bridgehead atoms. The van der Waals surface area contributed by atoms with E-state index < -0.39 is 0 Å². The summed E-state index contributed by atoms with van der Waals surface area (Å²) in [4.78, 5) is 17.2. The third kappa shape index (κ3) is 3.56. The predicted octanol–water partition coefficient (Wildman–Crippen LogP) is 4.27. The van der Waals surface area contributed by atoms with Gasteiger partial charge in [-0.3, -0.25) is 4.79 Å². The zero-order valence-electron chi connectivity index (χ0n) is 13.4. The molecule has 2 heterocycles. The molecule has 1 aromatic carbocycles. The fourth-order valence-corrected chi connectivity index (χ4v) is 3.34. The number of carbonyl (C=O) groups is 1. The monoisotopic (exact) mass is 325 g/mol. The lowest BCUT2D eigenvalue weighted by Crippen LogP contribution is -2.19. The van der Waals surface area contributed by atoms with Crippen molar-refractivity contribution in [2.24, 2.45) is 4.99 Å². The number of para-hydroxylation sites is 1. The molecule has 1 aliphatic heterocycles. The maximum Gasteiger partial charge on any atom is 0.264 e. The lowest BCUT2D eigenvalue weighted by molar-refractivity contribution is -0.115. The van der Waals surface area contributed by atoms with E-state index in [0.29, 0.717) is 16.1 Å². The van der Waals surface area contributed by atoms with Crippen molar-refractivity contribution in [1.29, 1.82) is 0 Å². The van der Waals surface area contributed by atoms with Crippen molar-refractivity contribution in [1.82, 2.24) is 9.88 Å². The predicted molar refractivity (Wildman–Crippen MR) is 96.8 cm³/mol. The molecule has 2 aromatic rings. The Morgan fingerprint density at radius 3 is 2.65 bits per heavy atom. The molecule has 0 aliphatic carbocycles. The highest BCUT2D eigenvalue weighted by Gasteiger charge is 2.24. The molecule has 0 radical (unpaired) electrons. The van der Waals surface area contributed by atoms with Gasteiger partial charge in [-0.2, -0.15) is 0 Å². The van der Waals surface area contributed by atoms with Gasteiger partial charge in [0.15, 0.2) is 5.17 Å². The largest absolute Gasteiger partial charge is 0.349 e. The SMILES string of the molecule is Cc1cc(/C=C2/SC(=Nc3ccccc3)NC2=O)cn1C(C)C. The molecule has 1 aromatic heterocycles. The zero-order chi connectivity index (χ0) is 16.4. The highest BCUT2D eigenvalue weighted by Crippen LogP contribution is 2.28. The van der Waals surface area contributed by atoms with Crippen LogP contribution in [-0.2, 0) is 4.79 Å². The number of benzene rings is 1. The number of nitrogens with zero attached hydrogens (tertiary/aromatic N) is 2. The van der Waals surface area contributed by atoms with Crippen molar-refractivity contribution >= 4 is 34.6 Å². The Hall–Kier alpha value is -2.27. The number of nitrogens with one attached hydrogen (secondary N) is 1. The van der Waals surface area contributed by atoms with Crippen LogP contribution in [0.5, 0.6) is 0 Å². The van der Waals surface area contributed by atoms with Crippen LogP contribution in [0.25, 0.3) is 6.08 Å². The van der Waals surface area contributed by atoms with Crippen molar-refractivity contribution in [3.8, 4) is 0 Å². The third-order valence-electron chi connectivity index (χ3n) is 3.56. The molecule has 1 aliphatic rings. The minimum atomic E-state index is -0.0976. The molecule has 1 fully saturated rings. The first-order valence-electron chi connectivity index (χ1n) is 7.56. The maximum absolute atomic E-state index is 12.1. The van der Waals surface area contributed by atoms with Crippen LogP contribution in [0.15, 0.2) is 52.5 Å². The Morgan fingerprint density at radius 2 is 2.00 bits per heavy atom. The lowest BCUT2D eigenvalue weighted by Gasteiger charge is -2.08. The van der Waals surface area contributed by atoms with E-state index in [4.69, 9.17) is 0 Å². The fraction of sp³-hybridized carbons (Fsp3) is 0.222. The summed E-state index contributed by atoms with van der Waals surface area (Å²) in [6, 6.07) is 12.1. The number of aryl methyl sites for hydroxylation is 1. The highest BCUT2D eigenvalue weighted by atomic mass is 32.2. The molecule has 1 amide bonds. The molecule has 1 N–H and O–H groups in total. The lowest BCUT2D eigenvalue weighted by atomic mass is 10.3. The number of aliphatic imine (C=N–C) groups is 1. The molecule has 0 atom stereocenters. The summed E-state index contributed by atoms with van der Waals surface area (Å²) in [5, 5.41) is 3.43. The van der Waals surface area contributed by atoms with E-state index in [1.165, 1.54) is 17.5 Å². The fourth-order valence-electron chi connectivity index (χ4n) is 2.50. The standard InChI is InChI=1S/C18H19N3OS/c1-12(2)21-11-14(9-13(21)3)10-16-17(22)20-18(23-16)19-15-7-5-4-6-8-15/h4-12H,1-3H3,(H,19,20,22)/b16-10+. The summed E-state index contributed by atoms with van der Waals surface area (Å²) in [6.45, 7) is 6.36. The van der Waals surface area contributed by atoms with E-state index in [2.05, 4.69) is 47.9 Å². The number of carbonyl (C=O) groups excluding carboxylic acids is 1. The number of rotatable bonds is 3. The molecule has 0 unspecified atom stereocenters. The Kier molecular flexibility index (Phi) is 4.39. The number of thioether (sulfide) groups is 1. The van der Waals surface area contributed by atoms with E-state index in [0.717, 1.165) is 11.3 Å². The molecule has 1 saturated heterocycles. The number of amides is 1. The van der Waals surface area contributed by atoms with Crippen LogP contribution in [0.1, 0.15) is 31.1 Å². The van der Waals surface area contributed by atoms with Gasteiger partial charge in [0.25, 0.3) is 5.91 Å². The number of hydrogen-bond donors (Lipinski definition) is 1. The van der Waals surface area contributed by atoms with E-state index in [1.54, 1.807) is 0 Å². The van der Waals surface area contributed by atoms with Gasteiger partial charge < -0.3 is 9.88 Å². The van der Waals surface area contributed by atoms with Crippen LogP contribution in [0, 0.1) is 6.92 Å². The quantitative estimate of drug-likeness (QED) is 0.857. The summed E-state index contributed by atoms with van der Waals surface area (Å²) in [5.41, 5.74) is 3.06. The van der Waals surface area contributed by atoms with Crippen LogP contribution in [0.4, 0.5) is 5.69 Å². The van der Waals surface area contributed by atoms with Gasteiger partial charge in [-0.15, -0.1) is 0 Å². The Morgan fingerprint density at radius 1 is 1.26 bits per heavy atom. The first kappa shape index (κ1) is 15.6. The number of aromatic nitrogens is 1. The van der Waals surface area contributed by atoms with Crippen molar-refractivity contribution in [2.45, 2.75) is 26.8 Å². The van der Waals surface area contributed by atoms with Crippen molar-refractivity contribution < 1.29 is 4.79 Å². The Balaban J connectivity index is 1.83. The summed E-state index contributed by atoms with van der Waals surface area (Å²) >= 11 is 1.37. The molecule has 0 saturated carbocycles. The van der Waals surface area contributed by atoms with Crippen LogP contribution in [0.2, 0.25) is 0 Å². The molecule has 23 heavy (non-hydrogen) atoms. The van der Waals surface area contributed by atoms with Gasteiger partial charge >= 0.3 is 0 Å². The van der Waals surface area contributed by atoms with Gasteiger partial charge in [-0.1, -0.05) is 18.2 Å². The molecule has 118 valence electrons. The summed E-state index contributed by atoms with van der Waals surface area (Å²) < 4.78 is 2.20. The Labute approximate surface area is 140 Å². The van der Waals surface area contributed by atoms with Crippen molar-refractivity contribution in [3.63, 3.8) is 0 Å². The topological polar surface area (TPSA) is 46.4 Å².